The molecule has 0 N–H and O–H groups in total. The van der Waals surface area contributed by atoms with Crippen LogP contribution in [0.5, 0.6) is 5.88 Å². The van der Waals surface area contributed by atoms with E-state index in [9.17, 15) is 14.9 Å². The van der Waals surface area contributed by atoms with Crippen molar-refractivity contribution in [1.82, 2.24) is 4.98 Å². The minimum absolute atomic E-state index is 0.0754. The van der Waals surface area contributed by atoms with Gasteiger partial charge in [-0.15, -0.1) is 0 Å². The monoisotopic (exact) mass is 333 g/mol. The molecule has 1 aliphatic rings. The van der Waals surface area contributed by atoms with Gasteiger partial charge in [0.1, 0.15) is 16.8 Å². The number of ether oxygens (including phenoxy) is 1. The van der Waals surface area contributed by atoms with Gasteiger partial charge >= 0.3 is 0 Å². The summed E-state index contributed by atoms with van der Waals surface area (Å²) in [5.41, 5.74) is 0.593. The lowest BCUT2D eigenvalue weighted by atomic mass is 10.1. The smallest absolute Gasteiger partial charge is 0.287 e. The van der Waals surface area contributed by atoms with E-state index in [4.69, 9.17) is 16.3 Å². The summed E-state index contributed by atoms with van der Waals surface area (Å²) in [5.74, 6) is 0.0683. The number of hydrogen-bond donors (Lipinski definition) is 0. The molecule has 1 amide bonds. The van der Waals surface area contributed by atoms with Gasteiger partial charge in [-0.1, -0.05) is 11.6 Å². The van der Waals surface area contributed by atoms with Crippen molar-refractivity contribution in [2.24, 2.45) is 0 Å². The maximum Gasteiger partial charge on any atom is 0.287 e. The second-order valence-electron chi connectivity index (χ2n) is 5.10. The summed E-state index contributed by atoms with van der Waals surface area (Å²) < 4.78 is 5.60. The van der Waals surface area contributed by atoms with E-state index in [0.717, 1.165) is 0 Å². The molecule has 0 radical (unpaired) electrons. The molecule has 1 atom stereocenters. The van der Waals surface area contributed by atoms with E-state index in [1.165, 1.54) is 23.1 Å². The average molecular weight is 334 g/mol. The SMILES string of the molecule is C[C@H]1CN(C(=O)c2ccc([N+](=O)[O-])c(Cl)c2)c2cccnc2O1. The fraction of sp³-hybridized carbons (Fsp3) is 0.200. The number of rotatable bonds is 2. The highest BCUT2D eigenvalue weighted by Crippen LogP contribution is 2.33. The minimum Gasteiger partial charge on any atom is -0.471 e. The van der Waals surface area contributed by atoms with Gasteiger partial charge in [-0.25, -0.2) is 4.98 Å². The van der Waals surface area contributed by atoms with Gasteiger partial charge in [0.05, 0.1) is 11.5 Å². The average Bonchev–Trinajstić information content (AvgIpc) is 2.52. The summed E-state index contributed by atoms with van der Waals surface area (Å²) >= 11 is 5.89. The summed E-state index contributed by atoms with van der Waals surface area (Å²) in [6.07, 6.45) is 1.37. The molecule has 0 unspecified atom stereocenters. The number of nitro benzene ring substituents is 1. The van der Waals surface area contributed by atoms with Gasteiger partial charge in [-0.2, -0.15) is 0 Å². The topological polar surface area (TPSA) is 85.6 Å². The zero-order chi connectivity index (χ0) is 16.6. The van der Waals surface area contributed by atoms with Crippen molar-refractivity contribution < 1.29 is 14.5 Å². The predicted octanol–water partition coefficient (Wildman–Crippen LogP) is 3.07. The van der Waals surface area contributed by atoms with Gasteiger partial charge in [-0.05, 0) is 31.2 Å². The van der Waals surface area contributed by atoms with Crippen molar-refractivity contribution in [2.75, 3.05) is 11.4 Å². The first-order valence-corrected chi connectivity index (χ1v) is 7.22. The molecular formula is C15H12ClN3O4. The first-order valence-electron chi connectivity index (χ1n) is 6.85. The molecular weight excluding hydrogens is 322 g/mol. The molecule has 8 heteroatoms. The van der Waals surface area contributed by atoms with Crippen LogP contribution in [-0.2, 0) is 0 Å². The van der Waals surface area contributed by atoms with Crippen molar-refractivity contribution >= 4 is 28.9 Å². The highest BCUT2D eigenvalue weighted by atomic mass is 35.5. The van der Waals surface area contributed by atoms with Crippen molar-refractivity contribution in [3.63, 3.8) is 0 Å². The Bertz CT molecular complexity index is 796. The van der Waals surface area contributed by atoms with Crippen molar-refractivity contribution in [3.05, 3.63) is 57.2 Å². The fourth-order valence-electron chi connectivity index (χ4n) is 2.40. The number of amides is 1. The largest absolute Gasteiger partial charge is 0.471 e. The number of nitro groups is 1. The van der Waals surface area contributed by atoms with Crippen molar-refractivity contribution in [1.29, 1.82) is 0 Å². The Kier molecular flexibility index (Phi) is 3.87. The van der Waals surface area contributed by atoms with E-state index >= 15 is 0 Å². The van der Waals surface area contributed by atoms with Gasteiger partial charge < -0.3 is 4.74 Å². The van der Waals surface area contributed by atoms with Crippen LogP contribution < -0.4 is 9.64 Å². The summed E-state index contributed by atoms with van der Waals surface area (Å²) in [6.45, 7) is 2.19. The number of carbonyl (C=O) groups excluding carboxylic acids is 1. The fourth-order valence-corrected chi connectivity index (χ4v) is 2.65. The zero-order valence-corrected chi connectivity index (χ0v) is 12.9. The number of aromatic nitrogens is 1. The highest BCUT2D eigenvalue weighted by molar-refractivity contribution is 6.33. The number of nitrogens with zero attached hydrogens (tertiary/aromatic N) is 3. The normalized spacial score (nSPS) is 16.4. The van der Waals surface area contributed by atoms with Crippen molar-refractivity contribution in [2.45, 2.75) is 13.0 Å². The summed E-state index contributed by atoms with van der Waals surface area (Å²) in [7, 11) is 0. The molecule has 1 aliphatic heterocycles. The summed E-state index contributed by atoms with van der Waals surface area (Å²) in [5, 5.41) is 10.7. The van der Waals surface area contributed by atoms with Crippen LogP contribution in [0.15, 0.2) is 36.5 Å². The lowest BCUT2D eigenvalue weighted by molar-refractivity contribution is -0.384. The lowest BCUT2D eigenvalue weighted by Crippen LogP contribution is -2.42. The summed E-state index contributed by atoms with van der Waals surface area (Å²) in [4.78, 5) is 28.6. The molecule has 0 fully saturated rings. The molecule has 0 spiro atoms. The molecule has 0 bridgehead atoms. The Balaban J connectivity index is 1.98. The number of carbonyl (C=O) groups is 1. The number of pyridine rings is 1. The second kappa shape index (κ2) is 5.85. The molecule has 2 heterocycles. The Hall–Kier alpha value is -2.67. The second-order valence-corrected chi connectivity index (χ2v) is 5.50. The molecule has 23 heavy (non-hydrogen) atoms. The number of halogens is 1. The summed E-state index contributed by atoms with van der Waals surface area (Å²) in [6, 6.07) is 7.37. The van der Waals surface area contributed by atoms with Crippen molar-refractivity contribution in [3.8, 4) is 5.88 Å². The first-order chi connectivity index (χ1) is 11.0. The molecule has 1 aromatic heterocycles. The first kappa shape index (κ1) is 15.2. The Labute approximate surface area is 136 Å². The van der Waals surface area contributed by atoms with Crippen LogP contribution in [0.25, 0.3) is 0 Å². The van der Waals surface area contributed by atoms with E-state index in [-0.39, 0.29) is 28.3 Å². The zero-order valence-electron chi connectivity index (χ0n) is 12.1. The highest BCUT2D eigenvalue weighted by Gasteiger charge is 2.29. The predicted molar refractivity (Wildman–Crippen MR) is 84.1 cm³/mol. The number of hydrogen-bond acceptors (Lipinski definition) is 5. The van der Waals surface area contributed by atoms with Gasteiger partial charge in [0, 0.05) is 17.8 Å². The maximum absolute atomic E-state index is 12.8. The van der Waals surface area contributed by atoms with Crippen LogP contribution in [0.1, 0.15) is 17.3 Å². The molecule has 0 saturated heterocycles. The number of fused-ring (bicyclic) bond motifs is 1. The van der Waals surface area contributed by atoms with Crippen LogP contribution in [0.2, 0.25) is 5.02 Å². The maximum atomic E-state index is 12.8. The molecule has 7 nitrogen and oxygen atoms in total. The van der Waals surface area contributed by atoms with Gasteiger partial charge in [0.15, 0.2) is 0 Å². The number of benzene rings is 1. The third kappa shape index (κ3) is 2.83. The molecule has 0 aliphatic carbocycles. The van der Waals surface area contributed by atoms with E-state index in [1.807, 2.05) is 6.92 Å². The van der Waals surface area contributed by atoms with E-state index in [2.05, 4.69) is 4.98 Å². The third-order valence-electron chi connectivity index (χ3n) is 3.43. The van der Waals surface area contributed by atoms with E-state index in [1.54, 1.807) is 18.3 Å². The Morgan fingerprint density at radius 3 is 2.96 bits per heavy atom. The van der Waals surface area contributed by atoms with Crippen LogP contribution in [0, 0.1) is 10.1 Å². The molecule has 1 aromatic carbocycles. The van der Waals surface area contributed by atoms with Crippen LogP contribution in [0.3, 0.4) is 0 Å². The Morgan fingerprint density at radius 2 is 2.26 bits per heavy atom. The van der Waals surface area contributed by atoms with Crippen LogP contribution in [-0.4, -0.2) is 28.5 Å². The molecule has 3 rings (SSSR count). The molecule has 0 saturated carbocycles. The van der Waals surface area contributed by atoms with E-state index in [0.29, 0.717) is 18.1 Å². The van der Waals surface area contributed by atoms with Gasteiger partial charge in [-0.3, -0.25) is 19.8 Å². The minimum atomic E-state index is -0.591. The lowest BCUT2D eigenvalue weighted by Gasteiger charge is -2.32. The van der Waals surface area contributed by atoms with E-state index < -0.39 is 4.92 Å². The Morgan fingerprint density at radius 1 is 1.48 bits per heavy atom. The third-order valence-corrected chi connectivity index (χ3v) is 3.73. The molecule has 2 aromatic rings. The number of anilines is 1. The quantitative estimate of drug-likeness (QED) is 0.622. The molecule has 118 valence electrons. The van der Waals surface area contributed by atoms with Gasteiger partial charge in [0.25, 0.3) is 11.6 Å². The van der Waals surface area contributed by atoms with Crippen LogP contribution in [0.4, 0.5) is 11.4 Å². The van der Waals surface area contributed by atoms with Gasteiger partial charge in [0.2, 0.25) is 5.88 Å². The standard InChI is InChI=1S/C15H12ClN3O4/c1-9-8-18(13-3-2-6-17-14(13)23-9)15(20)10-4-5-12(19(21)22)11(16)7-10/h2-7,9H,8H2,1H3/t9-/m0/s1. The van der Waals surface area contributed by atoms with Crippen LogP contribution >= 0.6 is 11.6 Å².